The number of carbonyl (C=O) groups is 2. The molecule has 0 saturated carbocycles. The van der Waals surface area contributed by atoms with Crippen molar-refractivity contribution in [2.75, 3.05) is 7.11 Å². The summed E-state index contributed by atoms with van der Waals surface area (Å²) < 4.78 is 7.07. The van der Waals surface area contributed by atoms with Crippen LogP contribution in [0.1, 0.15) is 43.6 Å². The van der Waals surface area contributed by atoms with Crippen molar-refractivity contribution in [3.63, 3.8) is 0 Å². The molecule has 2 aromatic carbocycles. The summed E-state index contributed by atoms with van der Waals surface area (Å²) >= 11 is 0. The summed E-state index contributed by atoms with van der Waals surface area (Å²) in [5.74, 6) is 0.0635. The molecule has 2 N–H and O–H groups in total. The van der Waals surface area contributed by atoms with E-state index in [1.54, 1.807) is 24.9 Å². The Balaban J connectivity index is 1.91. The standard InChI is InChI=1S/C25H30N4O3/c1-17(23(30)27-25(2,3)4)26-24(31)21-16-29(15-18-10-7-6-8-11-18)28-22(21)19-12-9-13-20(14-19)32-5/h6-14,16-17H,15H2,1-5H3,(H,26,31)(H,27,30)/t17-/m1/s1. The Morgan fingerprint density at radius 2 is 1.81 bits per heavy atom. The van der Waals surface area contributed by atoms with Gasteiger partial charge in [-0.1, -0.05) is 42.5 Å². The molecule has 0 aliphatic heterocycles. The van der Waals surface area contributed by atoms with E-state index in [0.29, 0.717) is 23.6 Å². The Bertz CT molecular complexity index is 1080. The maximum absolute atomic E-state index is 13.2. The second-order valence-electron chi connectivity index (χ2n) is 8.74. The molecule has 0 aliphatic carbocycles. The fourth-order valence-electron chi connectivity index (χ4n) is 3.24. The number of nitrogens with one attached hydrogen (secondary N) is 2. The van der Waals surface area contributed by atoms with E-state index in [9.17, 15) is 9.59 Å². The molecule has 0 fully saturated rings. The second-order valence-corrected chi connectivity index (χ2v) is 8.74. The van der Waals surface area contributed by atoms with Gasteiger partial charge in [0.05, 0.1) is 19.2 Å². The van der Waals surface area contributed by atoms with E-state index >= 15 is 0 Å². The number of amides is 2. The summed E-state index contributed by atoms with van der Waals surface area (Å²) in [7, 11) is 1.59. The molecule has 0 radical (unpaired) electrons. The fourth-order valence-corrected chi connectivity index (χ4v) is 3.24. The average molecular weight is 435 g/mol. The summed E-state index contributed by atoms with van der Waals surface area (Å²) in [6, 6.07) is 16.6. The van der Waals surface area contributed by atoms with Gasteiger partial charge in [0.2, 0.25) is 5.91 Å². The number of methoxy groups -OCH3 is 1. The minimum atomic E-state index is -0.697. The van der Waals surface area contributed by atoms with Gasteiger partial charge >= 0.3 is 0 Å². The molecule has 7 nitrogen and oxygen atoms in total. The molecule has 32 heavy (non-hydrogen) atoms. The zero-order valence-electron chi connectivity index (χ0n) is 19.2. The van der Waals surface area contributed by atoms with Crippen LogP contribution in [0.15, 0.2) is 60.8 Å². The number of carbonyl (C=O) groups excluding carboxylic acids is 2. The molecule has 7 heteroatoms. The first-order valence-corrected chi connectivity index (χ1v) is 10.5. The van der Waals surface area contributed by atoms with Crippen LogP contribution in [0.3, 0.4) is 0 Å². The van der Waals surface area contributed by atoms with Crippen molar-refractivity contribution in [2.24, 2.45) is 0 Å². The minimum Gasteiger partial charge on any atom is -0.497 e. The van der Waals surface area contributed by atoms with Gasteiger partial charge in [-0.3, -0.25) is 14.3 Å². The van der Waals surface area contributed by atoms with E-state index in [-0.39, 0.29) is 17.4 Å². The van der Waals surface area contributed by atoms with Gasteiger partial charge in [-0.2, -0.15) is 5.10 Å². The molecule has 1 heterocycles. The van der Waals surface area contributed by atoms with Crippen LogP contribution in [0.25, 0.3) is 11.3 Å². The molecule has 168 valence electrons. The van der Waals surface area contributed by atoms with Gasteiger partial charge in [-0.25, -0.2) is 0 Å². The van der Waals surface area contributed by atoms with Crippen LogP contribution >= 0.6 is 0 Å². The highest BCUT2D eigenvalue weighted by molar-refractivity contribution is 6.02. The summed E-state index contributed by atoms with van der Waals surface area (Å²) in [6.07, 6.45) is 1.71. The average Bonchev–Trinajstić information content (AvgIpc) is 3.17. The topological polar surface area (TPSA) is 85.2 Å². The first-order valence-electron chi connectivity index (χ1n) is 10.5. The number of benzene rings is 2. The van der Waals surface area contributed by atoms with Crippen molar-refractivity contribution in [1.29, 1.82) is 0 Å². The number of hydrogen-bond donors (Lipinski definition) is 2. The lowest BCUT2D eigenvalue weighted by molar-refractivity contribution is -0.124. The van der Waals surface area contributed by atoms with E-state index in [1.807, 2.05) is 75.4 Å². The lowest BCUT2D eigenvalue weighted by Crippen LogP contribution is -2.50. The van der Waals surface area contributed by atoms with Crippen molar-refractivity contribution in [3.8, 4) is 17.0 Å². The number of rotatable bonds is 7. The number of nitrogens with zero attached hydrogens (tertiary/aromatic N) is 2. The highest BCUT2D eigenvalue weighted by Crippen LogP contribution is 2.26. The van der Waals surface area contributed by atoms with Crippen LogP contribution < -0.4 is 15.4 Å². The van der Waals surface area contributed by atoms with Crippen LogP contribution in [0.2, 0.25) is 0 Å². The maximum atomic E-state index is 13.2. The van der Waals surface area contributed by atoms with Crippen molar-refractivity contribution < 1.29 is 14.3 Å². The van der Waals surface area contributed by atoms with Gasteiger partial charge in [0.1, 0.15) is 17.5 Å². The van der Waals surface area contributed by atoms with Crippen molar-refractivity contribution >= 4 is 11.8 Å². The Morgan fingerprint density at radius 3 is 2.47 bits per heavy atom. The van der Waals surface area contributed by atoms with Crippen LogP contribution in [0.5, 0.6) is 5.75 Å². The SMILES string of the molecule is COc1cccc(-c2nn(Cc3ccccc3)cc2C(=O)N[C@H](C)C(=O)NC(C)(C)C)c1. The second kappa shape index (κ2) is 9.68. The zero-order chi connectivity index (χ0) is 23.3. The van der Waals surface area contributed by atoms with Crippen LogP contribution in [0.4, 0.5) is 0 Å². The number of hydrogen-bond acceptors (Lipinski definition) is 4. The highest BCUT2D eigenvalue weighted by Gasteiger charge is 2.24. The van der Waals surface area contributed by atoms with Crippen molar-refractivity contribution in [1.82, 2.24) is 20.4 Å². The van der Waals surface area contributed by atoms with Crippen molar-refractivity contribution in [3.05, 3.63) is 71.9 Å². The third kappa shape index (κ3) is 5.97. The first kappa shape index (κ1) is 23.1. The molecule has 2 amide bonds. The monoisotopic (exact) mass is 434 g/mol. The lowest BCUT2D eigenvalue weighted by atomic mass is 10.1. The lowest BCUT2D eigenvalue weighted by Gasteiger charge is -2.23. The maximum Gasteiger partial charge on any atom is 0.255 e. The van der Waals surface area contributed by atoms with Gasteiger partial charge in [0, 0.05) is 17.3 Å². The van der Waals surface area contributed by atoms with E-state index in [0.717, 1.165) is 11.1 Å². The van der Waals surface area contributed by atoms with Crippen molar-refractivity contribution in [2.45, 2.75) is 45.8 Å². The van der Waals surface area contributed by atoms with Crippen LogP contribution in [-0.2, 0) is 11.3 Å². The van der Waals surface area contributed by atoms with Crippen LogP contribution in [-0.4, -0.2) is 40.3 Å². The van der Waals surface area contributed by atoms with Crippen LogP contribution in [0, 0.1) is 0 Å². The summed E-state index contributed by atoms with van der Waals surface area (Å²) in [4.78, 5) is 25.6. The predicted octanol–water partition coefficient (Wildman–Crippen LogP) is 3.64. The van der Waals surface area contributed by atoms with Gasteiger partial charge in [0.15, 0.2) is 0 Å². The Hall–Kier alpha value is -3.61. The Labute approximate surface area is 188 Å². The van der Waals surface area contributed by atoms with E-state index in [2.05, 4.69) is 15.7 Å². The number of ether oxygens (including phenoxy) is 1. The summed E-state index contributed by atoms with van der Waals surface area (Å²) in [6.45, 7) is 7.87. The molecule has 0 saturated heterocycles. The third-order valence-electron chi connectivity index (χ3n) is 4.78. The van der Waals surface area contributed by atoms with Gasteiger partial charge in [0.25, 0.3) is 5.91 Å². The molecule has 0 bridgehead atoms. The Kier molecular flexibility index (Phi) is 6.98. The quantitative estimate of drug-likeness (QED) is 0.595. The predicted molar refractivity (Wildman–Crippen MR) is 125 cm³/mol. The Morgan fingerprint density at radius 1 is 1.09 bits per heavy atom. The molecular weight excluding hydrogens is 404 g/mol. The van der Waals surface area contributed by atoms with Gasteiger partial charge in [-0.05, 0) is 45.4 Å². The summed E-state index contributed by atoms with van der Waals surface area (Å²) in [5, 5.41) is 10.4. The molecular formula is C25H30N4O3. The molecule has 3 rings (SSSR count). The highest BCUT2D eigenvalue weighted by atomic mass is 16.5. The van der Waals surface area contributed by atoms with E-state index in [4.69, 9.17) is 4.74 Å². The van der Waals surface area contributed by atoms with E-state index < -0.39 is 6.04 Å². The first-order chi connectivity index (χ1) is 15.2. The normalized spacial score (nSPS) is 12.2. The molecule has 0 unspecified atom stereocenters. The molecule has 1 aromatic heterocycles. The van der Waals surface area contributed by atoms with E-state index in [1.165, 1.54) is 0 Å². The molecule has 3 aromatic rings. The molecule has 1 atom stereocenters. The largest absolute Gasteiger partial charge is 0.497 e. The number of aromatic nitrogens is 2. The minimum absolute atomic E-state index is 0.245. The van der Waals surface area contributed by atoms with Gasteiger partial charge in [-0.15, -0.1) is 0 Å². The van der Waals surface area contributed by atoms with Gasteiger partial charge < -0.3 is 15.4 Å². The summed E-state index contributed by atoms with van der Waals surface area (Å²) in [5.41, 5.74) is 2.36. The fraction of sp³-hybridized carbons (Fsp3) is 0.320. The smallest absolute Gasteiger partial charge is 0.255 e. The molecule has 0 aliphatic rings. The zero-order valence-corrected chi connectivity index (χ0v) is 19.2. The third-order valence-corrected chi connectivity index (χ3v) is 4.78. The molecule has 0 spiro atoms.